The predicted octanol–water partition coefficient (Wildman–Crippen LogP) is 3.10. The van der Waals surface area contributed by atoms with Gasteiger partial charge < -0.3 is 25.4 Å². The number of carbonyl (C=O) groups excluding carboxylic acids is 1. The molecule has 0 saturated heterocycles. The molecule has 0 unspecified atom stereocenters. The number of guanidine groups is 1. The van der Waals surface area contributed by atoms with Gasteiger partial charge in [0.2, 0.25) is 5.91 Å². The summed E-state index contributed by atoms with van der Waals surface area (Å²) in [6, 6.07) is 15.4. The highest BCUT2D eigenvalue weighted by atomic mass is 16.5. The van der Waals surface area contributed by atoms with Crippen molar-refractivity contribution in [1.82, 2.24) is 10.6 Å². The molecule has 1 amide bonds. The fourth-order valence-electron chi connectivity index (χ4n) is 2.68. The van der Waals surface area contributed by atoms with E-state index in [9.17, 15) is 4.79 Å². The summed E-state index contributed by atoms with van der Waals surface area (Å²) in [6.07, 6.45) is 0. The van der Waals surface area contributed by atoms with E-state index in [1.54, 1.807) is 0 Å². The molecule has 0 fully saturated rings. The van der Waals surface area contributed by atoms with Crippen LogP contribution in [-0.2, 0) is 16.1 Å². The number of ether oxygens (including phenoxy) is 2. The van der Waals surface area contributed by atoms with Gasteiger partial charge in [0.05, 0.1) is 19.7 Å². The maximum absolute atomic E-state index is 12.2. The average molecular weight is 413 g/mol. The molecule has 2 aromatic carbocycles. The SMILES string of the molecule is CCNC(=NCc1ccc(C)cc1OCCOCC)NCC(=O)Nc1ccccc1. The molecule has 30 heavy (non-hydrogen) atoms. The van der Waals surface area contributed by atoms with E-state index in [0.29, 0.717) is 38.9 Å². The van der Waals surface area contributed by atoms with Crippen LogP contribution in [0.4, 0.5) is 5.69 Å². The molecule has 0 aliphatic carbocycles. The lowest BCUT2D eigenvalue weighted by atomic mass is 10.1. The van der Waals surface area contributed by atoms with E-state index >= 15 is 0 Å². The molecular formula is C23H32N4O3. The average Bonchev–Trinajstić information content (AvgIpc) is 2.75. The molecule has 0 aliphatic rings. The van der Waals surface area contributed by atoms with Crippen LogP contribution in [0.5, 0.6) is 5.75 Å². The third kappa shape index (κ3) is 8.53. The summed E-state index contributed by atoms with van der Waals surface area (Å²) >= 11 is 0. The Balaban J connectivity index is 1.95. The number of rotatable bonds is 11. The van der Waals surface area contributed by atoms with Gasteiger partial charge in [-0.1, -0.05) is 30.3 Å². The van der Waals surface area contributed by atoms with Gasteiger partial charge in [-0.3, -0.25) is 4.79 Å². The molecule has 162 valence electrons. The lowest BCUT2D eigenvalue weighted by Gasteiger charge is -2.14. The molecule has 0 aromatic heterocycles. The maximum Gasteiger partial charge on any atom is 0.243 e. The Labute approximate surface area is 178 Å². The second kappa shape index (κ2) is 13.2. The molecule has 0 atom stereocenters. The molecule has 2 aromatic rings. The summed E-state index contributed by atoms with van der Waals surface area (Å²) < 4.78 is 11.2. The van der Waals surface area contributed by atoms with E-state index in [1.165, 1.54) is 0 Å². The Morgan fingerprint density at radius 1 is 1.03 bits per heavy atom. The first kappa shape index (κ1) is 23.2. The maximum atomic E-state index is 12.2. The van der Waals surface area contributed by atoms with Gasteiger partial charge in [-0.25, -0.2) is 4.99 Å². The Kier molecular flexibility index (Phi) is 10.2. The summed E-state index contributed by atoms with van der Waals surface area (Å²) in [5.74, 6) is 1.24. The highest BCUT2D eigenvalue weighted by Crippen LogP contribution is 2.21. The van der Waals surface area contributed by atoms with E-state index in [4.69, 9.17) is 9.47 Å². The number of amides is 1. The van der Waals surface area contributed by atoms with Crippen LogP contribution in [0.1, 0.15) is 25.0 Å². The lowest BCUT2D eigenvalue weighted by Crippen LogP contribution is -2.41. The second-order valence-corrected chi connectivity index (χ2v) is 6.62. The standard InChI is InChI=1S/C23H32N4O3/c1-4-24-23(26-17-22(28)27-20-9-7-6-8-10-20)25-16-19-12-11-18(3)15-21(19)30-14-13-29-5-2/h6-12,15H,4-5,13-14,16-17H2,1-3H3,(H,27,28)(H2,24,25,26). The van der Waals surface area contributed by atoms with Gasteiger partial charge in [0.15, 0.2) is 5.96 Å². The van der Waals surface area contributed by atoms with Gasteiger partial charge in [-0.2, -0.15) is 0 Å². The van der Waals surface area contributed by atoms with Crippen LogP contribution < -0.4 is 20.7 Å². The van der Waals surface area contributed by atoms with Crippen molar-refractivity contribution in [1.29, 1.82) is 0 Å². The van der Waals surface area contributed by atoms with E-state index in [2.05, 4.69) is 20.9 Å². The minimum Gasteiger partial charge on any atom is -0.491 e. The fourth-order valence-corrected chi connectivity index (χ4v) is 2.68. The minimum absolute atomic E-state index is 0.117. The summed E-state index contributed by atoms with van der Waals surface area (Å²) in [7, 11) is 0. The molecule has 2 rings (SSSR count). The Morgan fingerprint density at radius 3 is 2.57 bits per heavy atom. The van der Waals surface area contributed by atoms with Crippen molar-refractivity contribution in [2.24, 2.45) is 4.99 Å². The number of aryl methyl sites for hydroxylation is 1. The van der Waals surface area contributed by atoms with E-state index in [0.717, 1.165) is 22.6 Å². The third-order valence-corrected chi connectivity index (χ3v) is 4.14. The number of carbonyl (C=O) groups is 1. The van der Waals surface area contributed by atoms with Crippen LogP contribution in [0.15, 0.2) is 53.5 Å². The van der Waals surface area contributed by atoms with Gasteiger partial charge in [0.1, 0.15) is 12.4 Å². The van der Waals surface area contributed by atoms with Crippen molar-refractivity contribution in [3.8, 4) is 5.75 Å². The molecule has 3 N–H and O–H groups in total. The molecule has 0 radical (unpaired) electrons. The number of anilines is 1. The summed E-state index contributed by atoms with van der Waals surface area (Å²) in [6.45, 7) is 8.92. The van der Waals surface area contributed by atoms with Crippen molar-refractivity contribution in [2.75, 3.05) is 38.2 Å². The first-order valence-electron chi connectivity index (χ1n) is 10.3. The van der Waals surface area contributed by atoms with Crippen molar-refractivity contribution in [3.05, 3.63) is 59.7 Å². The fraction of sp³-hybridized carbons (Fsp3) is 0.391. The number of aliphatic imine (C=N–C) groups is 1. The Bertz CT molecular complexity index is 809. The van der Waals surface area contributed by atoms with Gasteiger partial charge in [-0.05, 0) is 44.5 Å². The van der Waals surface area contributed by atoms with Crippen LogP contribution in [0.3, 0.4) is 0 Å². The number of nitrogens with one attached hydrogen (secondary N) is 3. The molecular weight excluding hydrogens is 380 g/mol. The number of benzene rings is 2. The van der Waals surface area contributed by atoms with Crippen molar-refractivity contribution >= 4 is 17.6 Å². The second-order valence-electron chi connectivity index (χ2n) is 6.62. The van der Waals surface area contributed by atoms with Gasteiger partial charge >= 0.3 is 0 Å². The van der Waals surface area contributed by atoms with Crippen molar-refractivity contribution in [2.45, 2.75) is 27.3 Å². The van der Waals surface area contributed by atoms with Crippen LogP contribution in [0.25, 0.3) is 0 Å². The van der Waals surface area contributed by atoms with Crippen molar-refractivity contribution < 1.29 is 14.3 Å². The zero-order valence-corrected chi connectivity index (χ0v) is 18.0. The molecule has 0 aliphatic heterocycles. The zero-order chi connectivity index (χ0) is 21.6. The first-order valence-corrected chi connectivity index (χ1v) is 10.3. The number of hydrogen-bond acceptors (Lipinski definition) is 4. The van der Waals surface area contributed by atoms with Crippen molar-refractivity contribution in [3.63, 3.8) is 0 Å². The summed E-state index contributed by atoms with van der Waals surface area (Å²) in [5, 5.41) is 9.07. The van der Waals surface area contributed by atoms with Crippen LogP contribution in [0, 0.1) is 6.92 Å². The van der Waals surface area contributed by atoms with Gasteiger partial charge in [0, 0.05) is 24.4 Å². The molecule has 0 heterocycles. The molecule has 0 saturated carbocycles. The van der Waals surface area contributed by atoms with E-state index in [-0.39, 0.29) is 12.5 Å². The van der Waals surface area contributed by atoms with E-state index < -0.39 is 0 Å². The lowest BCUT2D eigenvalue weighted by molar-refractivity contribution is -0.115. The largest absolute Gasteiger partial charge is 0.491 e. The van der Waals surface area contributed by atoms with E-state index in [1.807, 2.05) is 69.3 Å². The zero-order valence-electron chi connectivity index (χ0n) is 18.0. The number of hydrogen-bond donors (Lipinski definition) is 3. The number of nitrogens with zero attached hydrogens (tertiary/aromatic N) is 1. The normalized spacial score (nSPS) is 11.1. The van der Waals surface area contributed by atoms with Gasteiger partial charge in [0.25, 0.3) is 0 Å². The molecule has 0 bridgehead atoms. The third-order valence-electron chi connectivity index (χ3n) is 4.14. The van der Waals surface area contributed by atoms with Crippen LogP contribution in [-0.4, -0.2) is 44.8 Å². The molecule has 7 nitrogen and oxygen atoms in total. The smallest absolute Gasteiger partial charge is 0.243 e. The Morgan fingerprint density at radius 2 is 1.83 bits per heavy atom. The highest BCUT2D eigenvalue weighted by molar-refractivity contribution is 5.94. The summed E-state index contributed by atoms with van der Waals surface area (Å²) in [5.41, 5.74) is 2.86. The predicted molar refractivity (Wildman–Crippen MR) is 121 cm³/mol. The summed E-state index contributed by atoms with van der Waals surface area (Å²) in [4.78, 5) is 16.8. The van der Waals surface area contributed by atoms with Crippen LogP contribution in [0.2, 0.25) is 0 Å². The van der Waals surface area contributed by atoms with Crippen LogP contribution >= 0.6 is 0 Å². The number of para-hydroxylation sites is 1. The molecule has 0 spiro atoms. The quantitative estimate of drug-likeness (QED) is 0.300. The minimum atomic E-state index is -0.137. The first-order chi connectivity index (χ1) is 14.6. The monoisotopic (exact) mass is 412 g/mol. The van der Waals surface area contributed by atoms with Gasteiger partial charge in [-0.15, -0.1) is 0 Å². The topological polar surface area (TPSA) is 84.0 Å². The molecule has 7 heteroatoms. The Hall–Kier alpha value is -3.06. The highest BCUT2D eigenvalue weighted by Gasteiger charge is 2.07.